The fourth-order valence-electron chi connectivity index (χ4n) is 1.32. The van der Waals surface area contributed by atoms with Gasteiger partial charge in [0.1, 0.15) is 0 Å². The van der Waals surface area contributed by atoms with E-state index < -0.39 is 0 Å². The molecule has 0 rings (SSSR count). The normalized spacial score (nSPS) is 12.0. The molecule has 0 aliphatic carbocycles. The number of rotatable bonds is 7. The van der Waals surface area contributed by atoms with Crippen LogP contribution in [0.1, 0.15) is 32.6 Å². The highest BCUT2D eigenvalue weighted by atomic mass is 16.2. The molecule has 2 amide bonds. The lowest BCUT2D eigenvalue weighted by molar-refractivity contribution is -0.128. The van der Waals surface area contributed by atoms with Crippen molar-refractivity contribution in [3.8, 4) is 0 Å². The van der Waals surface area contributed by atoms with Crippen LogP contribution in [-0.4, -0.2) is 43.4 Å². The first kappa shape index (κ1) is 14.9. The molecule has 0 saturated heterocycles. The monoisotopic (exact) mass is 229 g/mol. The minimum Gasteiger partial charge on any atom is -0.356 e. The Morgan fingerprint density at radius 1 is 1.38 bits per heavy atom. The molecular formula is C11H23N3O2. The van der Waals surface area contributed by atoms with Gasteiger partial charge in [0, 0.05) is 39.5 Å². The zero-order valence-electron chi connectivity index (χ0n) is 10.5. The number of carbonyl (C=O) groups excluding carboxylic acids is 2. The molecule has 5 heteroatoms. The maximum atomic E-state index is 11.4. The summed E-state index contributed by atoms with van der Waals surface area (Å²) in [6.07, 6.45) is 2.50. The van der Waals surface area contributed by atoms with Gasteiger partial charge in [-0.2, -0.15) is 0 Å². The van der Waals surface area contributed by atoms with Crippen molar-refractivity contribution in [2.75, 3.05) is 20.6 Å². The van der Waals surface area contributed by atoms with Crippen LogP contribution in [-0.2, 0) is 9.59 Å². The van der Waals surface area contributed by atoms with Gasteiger partial charge in [-0.05, 0) is 6.42 Å². The first-order valence-corrected chi connectivity index (χ1v) is 5.69. The zero-order valence-corrected chi connectivity index (χ0v) is 10.5. The summed E-state index contributed by atoms with van der Waals surface area (Å²) in [4.78, 5) is 24.1. The van der Waals surface area contributed by atoms with Crippen molar-refractivity contribution in [2.45, 2.75) is 38.6 Å². The van der Waals surface area contributed by atoms with Crippen LogP contribution >= 0.6 is 0 Å². The Hall–Kier alpha value is -1.10. The summed E-state index contributed by atoms with van der Waals surface area (Å²) in [6.45, 7) is 2.42. The van der Waals surface area contributed by atoms with Crippen molar-refractivity contribution in [3.05, 3.63) is 0 Å². The Balaban J connectivity index is 3.62. The number of nitrogens with one attached hydrogen (secondary N) is 1. The molecule has 1 unspecified atom stereocenters. The lowest BCUT2D eigenvalue weighted by Gasteiger charge is -2.12. The summed E-state index contributed by atoms with van der Waals surface area (Å²) in [5.41, 5.74) is 5.73. The van der Waals surface area contributed by atoms with Gasteiger partial charge < -0.3 is 16.0 Å². The highest BCUT2D eigenvalue weighted by Crippen LogP contribution is 1.97. The molecule has 0 heterocycles. The summed E-state index contributed by atoms with van der Waals surface area (Å²) in [5.74, 6) is -0.0642. The Labute approximate surface area is 97.4 Å². The smallest absolute Gasteiger partial charge is 0.223 e. The summed E-state index contributed by atoms with van der Waals surface area (Å²) < 4.78 is 0. The second-order valence-electron chi connectivity index (χ2n) is 4.14. The minimum absolute atomic E-state index is 0.0122. The van der Waals surface area contributed by atoms with Crippen molar-refractivity contribution in [1.29, 1.82) is 0 Å². The molecule has 0 saturated carbocycles. The number of carbonyl (C=O) groups is 2. The molecule has 5 nitrogen and oxygen atoms in total. The SMILES string of the molecule is CCCC(N)CC(=O)NCCC(=O)N(C)C. The van der Waals surface area contributed by atoms with Crippen LogP contribution < -0.4 is 11.1 Å². The largest absolute Gasteiger partial charge is 0.356 e. The summed E-state index contributed by atoms with van der Waals surface area (Å²) in [5, 5.41) is 2.69. The van der Waals surface area contributed by atoms with Gasteiger partial charge >= 0.3 is 0 Å². The van der Waals surface area contributed by atoms with Gasteiger partial charge in [0.25, 0.3) is 0 Å². The number of hydrogen-bond acceptors (Lipinski definition) is 3. The van der Waals surface area contributed by atoms with Crippen molar-refractivity contribution in [2.24, 2.45) is 5.73 Å². The molecule has 0 aromatic carbocycles. The van der Waals surface area contributed by atoms with Gasteiger partial charge in [0.15, 0.2) is 0 Å². The van der Waals surface area contributed by atoms with E-state index in [2.05, 4.69) is 5.32 Å². The van der Waals surface area contributed by atoms with E-state index in [9.17, 15) is 9.59 Å². The van der Waals surface area contributed by atoms with E-state index in [-0.39, 0.29) is 17.9 Å². The van der Waals surface area contributed by atoms with E-state index in [4.69, 9.17) is 5.73 Å². The second-order valence-corrected chi connectivity index (χ2v) is 4.14. The van der Waals surface area contributed by atoms with E-state index >= 15 is 0 Å². The van der Waals surface area contributed by atoms with E-state index in [0.717, 1.165) is 12.8 Å². The zero-order chi connectivity index (χ0) is 12.6. The molecule has 3 N–H and O–H groups in total. The lowest BCUT2D eigenvalue weighted by atomic mass is 10.1. The quantitative estimate of drug-likeness (QED) is 0.650. The van der Waals surface area contributed by atoms with Gasteiger partial charge in [-0.25, -0.2) is 0 Å². The maximum Gasteiger partial charge on any atom is 0.223 e. The second kappa shape index (κ2) is 8.10. The molecule has 94 valence electrons. The van der Waals surface area contributed by atoms with Gasteiger partial charge in [-0.1, -0.05) is 13.3 Å². The summed E-state index contributed by atoms with van der Waals surface area (Å²) in [7, 11) is 3.39. The van der Waals surface area contributed by atoms with E-state index in [1.54, 1.807) is 14.1 Å². The molecule has 16 heavy (non-hydrogen) atoms. The molecule has 0 aromatic heterocycles. The average Bonchev–Trinajstić information content (AvgIpc) is 2.17. The number of nitrogens with two attached hydrogens (primary N) is 1. The number of amides is 2. The first-order valence-electron chi connectivity index (χ1n) is 5.69. The van der Waals surface area contributed by atoms with E-state index in [0.29, 0.717) is 19.4 Å². The Morgan fingerprint density at radius 2 is 2.00 bits per heavy atom. The van der Waals surface area contributed by atoms with Gasteiger partial charge in [0.2, 0.25) is 11.8 Å². The highest BCUT2D eigenvalue weighted by Gasteiger charge is 2.09. The highest BCUT2D eigenvalue weighted by molar-refractivity contribution is 5.79. The third-order valence-corrected chi connectivity index (χ3v) is 2.27. The van der Waals surface area contributed by atoms with E-state index in [1.165, 1.54) is 4.90 Å². The molecule has 0 aliphatic rings. The lowest BCUT2D eigenvalue weighted by Crippen LogP contribution is -2.34. The standard InChI is InChI=1S/C11H23N3O2/c1-4-5-9(12)8-10(15)13-7-6-11(16)14(2)3/h9H,4-8,12H2,1-3H3,(H,13,15). The van der Waals surface area contributed by atoms with Crippen LogP contribution in [0.5, 0.6) is 0 Å². The fraction of sp³-hybridized carbons (Fsp3) is 0.818. The third-order valence-electron chi connectivity index (χ3n) is 2.27. The first-order chi connectivity index (χ1) is 7.47. The minimum atomic E-state index is -0.0764. The van der Waals surface area contributed by atoms with Crippen LogP contribution in [0.2, 0.25) is 0 Å². The van der Waals surface area contributed by atoms with Gasteiger partial charge in [0.05, 0.1) is 0 Å². The Morgan fingerprint density at radius 3 is 2.50 bits per heavy atom. The van der Waals surface area contributed by atoms with Crippen molar-refractivity contribution >= 4 is 11.8 Å². The average molecular weight is 229 g/mol. The molecule has 0 radical (unpaired) electrons. The Kier molecular flexibility index (Phi) is 7.54. The van der Waals surface area contributed by atoms with Crippen LogP contribution in [0.25, 0.3) is 0 Å². The van der Waals surface area contributed by atoms with Crippen LogP contribution in [0, 0.1) is 0 Å². The molecule has 1 atom stereocenters. The van der Waals surface area contributed by atoms with Crippen molar-refractivity contribution in [3.63, 3.8) is 0 Å². The topological polar surface area (TPSA) is 75.4 Å². The summed E-state index contributed by atoms with van der Waals surface area (Å²) in [6, 6.07) is -0.0745. The van der Waals surface area contributed by atoms with Crippen molar-refractivity contribution < 1.29 is 9.59 Å². The molecule has 0 fully saturated rings. The maximum absolute atomic E-state index is 11.4. The molecular weight excluding hydrogens is 206 g/mol. The van der Waals surface area contributed by atoms with Crippen LogP contribution in [0.3, 0.4) is 0 Å². The third kappa shape index (κ3) is 7.23. The van der Waals surface area contributed by atoms with Gasteiger partial charge in [-0.3, -0.25) is 9.59 Å². The number of nitrogens with zero attached hydrogens (tertiary/aromatic N) is 1. The van der Waals surface area contributed by atoms with Crippen LogP contribution in [0.4, 0.5) is 0 Å². The molecule has 0 aliphatic heterocycles. The predicted molar refractivity (Wildman–Crippen MR) is 63.8 cm³/mol. The van der Waals surface area contributed by atoms with Gasteiger partial charge in [-0.15, -0.1) is 0 Å². The number of hydrogen-bond donors (Lipinski definition) is 2. The summed E-state index contributed by atoms with van der Waals surface area (Å²) >= 11 is 0. The van der Waals surface area contributed by atoms with E-state index in [1.807, 2.05) is 6.92 Å². The molecule has 0 bridgehead atoms. The van der Waals surface area contributed by atoms with Crippen molar-refractivity contribution in [1.82, 2.24) is 10.2 Å². The fourth-order valence-corrected chi connectivity index (χ4v) is 1.32. The Bertz CT molecular complexity index is 229. The predicted octanol–water partition coefficient (Wildman–Crippen LogP) is 0.0984. The molecule has 0 aromatic rings. The van der Waals surface area contributed by atoms with Crippen LogP contribution in [0.15, 0.2) is 0 Å². The molecule has 0 spiro atoms.